The number of aliphatic imine (C=N–C) groups is 1. The highest BCUT2D eigenvalue weighted by Crippen LogP contribution is 2.47. The third kappa shape index (κ3) is 3.57. The maximum absolute atomic E-state index is 14.6. The van der Waals surface area contributed by atoms with Crippen molar-refractivity contribution in [2.24, 2.45) is 10.4 Å². The second kappa shape index (κ2) is 7.33. The van der Waals surface area contributed by atoms with E-state index in [-0.39, 0.29) is 5.82 Å². The van der Waals surface area contributed by atoms with Crippen molar-refractivity contribution in [3.8, 4) is 5.69 Å². The lowest BCUT2D eigenvalue weighted by Crippen LogP contribution is -2.42. The molecule has 0 amide bonds. The van der Waals surface area contributed by atoms with Gasteiger partial charge in [-0.25, -0.2) is 14.4 Å². The van der Waals surface area contributed by atoms with Gasteiger partial charge in [0.1, 0.15) is 11.6 Å². The molecule has 6 heteroatoms. The Labute approximate surface area is 160 Å². The van der Waals surface area contributed by atoms with Crippen LogP contribution in [0.5, 0.6) is 0 Å². The molecular formula is C21H28FN5. The number of likely N-dealkylation sites (tertiary alicyclic amines) is 1. The Bertz CT molecular complexity index is 837. The van der Waals surface area contributed by atoms with E-state index in [4.69, 9.17) is 4.99 Å². The standard InChI is InChI=1S/C21H28FN5/c1-3-23-20(26-11-9-21(15-26)7-4-8-21)25-14-17-5-6-19(18(22)13-17)27-12-10-24-16(27)2/h5-6,10,12-13H,3-4,7-9,11,14-15H2,1-2H3,(H,23,25). The number of nitrogens with one attached hydrogen (secondary N) is 1. The number of guanidine groups is 1. The molecule has 2 fully saturated rings. The number of nitrogens with zero attached hydrogens (tertiary/aromatic N) is 4. The molecule has 4 rings (SSSR count). The molecule has 0 radical (unpaired) electrons. The number of hydrogen-bond acceptors (Lipinski definition) is 2. The van der Waals surface area contributed by atoms with E-state index in [2.05, 4.69) is 22.1 Å². The highest BCUT2D eigenvalue weighted by atomic mass is 19.1. The molecule has 0 bridgehead atoms. The molecule has 1 aliphatic carbocycles. The summed E-state index contributed by atoms with van der Waals surface area (Å²) in [7, 11) is 0. The number of hydrogen-bond donors (Lipinski definition) is 1. The van der Waals surface area contributed by atoms with Crippen LogP contribution in [0.25, 0.3) is 5.69 Å². The van der Waals surface area contributed by atoms with Gasteiger partial charge in [0, 0.05) is 32.0 Å². The molecule has 2 aromatic rings. The fourth-order valence-corrected chi connectivity index (χ4v) is 4.27. The summed E-state index contributed by atoms with van der Waals surface area (Å²) in [5, 5.41) is 3.41. The van der Waals surface area contributed by atoms with Crippen LogP contribution < -0.4 is 5.32 Å². The third-order valence-corrected chi connectivity index (χ3v) is 6.00. The van der Waals surface area contributed by atoms with Crippen LogP contribution in [0.3, 0.4) is 0 Å². The average molecular weight is 369 g/mol. The van der Waals surface area contributed by atoms with Crippen LogP contribution in [0.2, 0.25) is 0 Å². The molecule has 27 heavy (non-hydrogen) atoms. The van der Waals surface area contributed by atoms with Gasteiger partial charge in [0.2, 0.25) is 0 Å². The van der Waals surface area contributed by atoms with E-state index in [0.29, 0.717) is 17.6 Å². The fraction of sp³-hybridized carbons (Fsp3) is 0.524. The van der Waals surface area contributed by atoms with E-state index in [1.54, 1.807) is 29.1 Å². The summed E-state index contributed by atoms with van der Waals surface area (Å²) < 4.78 is 16.4. The van der Waals surface area contributed by atoms with E-state index in [1.807, 2.05) is 13.0 Å². The first kappa shape index (κ1) is 18.0. The zero-order valence-electron chi connectivity index (χ0n) is 16.2. The quantitative estimate of drug-likeness (QED) is 0.661. The van der Waals surface area contributed by atoms with Gasteiger partial charge in [-0.15, -0.1) is 0 Å². The lowest BCUT2D eigenvalue weighted by molar-refractivity contribution is 0.151. The SMILES string of the molecule is CCNC(=NCc1ccc(-n2ccnc2C)c(F)c1)N1CCC2(CCC2)C1. The molecule has 5 nitrogen and oxygen atoms in total. The molecule has 1 saturated carbocycles. The molecule has 1 aromatic heterocycles. The van der Waals surface area contributed by atoms with Crippen molar-refractivity contribution in [2.75, 3.05) is 19.6 Å². The first-order valence-corrected chi connectivity index (χ1v) is 9.92. The summed E-state index contributed by atoms with van der Waals surface area (Å²) >= 11 is 0. The first-order chi connectivity index (χ1) is 13.1. The summed E-state index contributed by atoms with van der Waals surface area (Å²) in [6.45, 7) is 7.45. The van der Waals surface area contributed by atoms with Crippen LogP contribution in [0.1, 0.15) is 44.0 Å². The number of aryl methyl sites for hydroxylation is 1. The molecule has 0 atom stereocenters. The van der Waals surface area contributed by atoms with Crippen LogP contribution in [0, 0.1) is 18.2 Å². The Kier molecular flexibility index (Phi) is 4.89. The van der Waals surface area contributed by atoms with Gasteiger partial charge in [-0.1, -0.05) is 12.5 Å². The molecule has 1 aromatic carbocycles. The Balaban J connectivity index is 1.48. The zero-order chi connectivity index (χ0) is 18.9. The van der Waals surface area contributed by atoms with Gasteiger partial charge in [0.05, 0.1) is 12.2 Å². The van der Waals surface area contributed by atoms with Crippen molar-refractivity contribution in [1.29, 1.82) is 0 Å². The van der Waals surface area contributed by atoms with Gasteiger partial charge in [-0.05, 0) is 56.2 Å². The van der Waals surface area contributed by atoms with E-state index in [0.717, 1.165) is 37.0 Å². The number of benzene rings is 1. The van der Waals surface area contributed by atoms with E-state index in [1.165, 1.54) is 25.7 Å². The predicted octanol–water partition coefficient (Wildman–Crippen LogP) is 3.66. The average Bonchev–Trinajstić information content (AvgIpc) is 3.25. The molecule has 2 heterocycles. The van der Waals surface area contributed by atoms with Crippen LogP contribution >= 0.6 is 0 Å². The molecule has 2 aliphatic rings. The van der Waals surface area contributed by atoms with Crippen molar-refractivity contribution in [1.82, 2.24) is 19.8 Å². The van der Waals surface area contributed by atoms with Crippen LogP contribution in [0.4, 0.5) is 4.39 Å². The summed E-state index contributed by atoms with van der Waals surface area (Å²) in [6, 6.07) is 5.34. The maximum atomic E-state index is 14.6. The second-order valence-electron chi connectivity index (χ2n) is 7.83. The van der Waals surface area contributed by atoms with Crippen molar-refractivity contribution in [3.05, 3.63) is 47.8 Å². The molecule has 1 spiro atoms. The maximum Gasteiger partial charge on any atom is 0.194 e. The lowest BCUT2D eigenvalue weighted by atomic mass is 9.68. The highest BCUT2D eigenvalue weighted by Gasteiger charge is 2.43. The number of aromatic nitrogens is 2. The van der Waals surface area contributed by atoms with Crippen molar-refractivity contribution < 1.29 is 4.39 Å². The van der Waals surface area contributed by atoms with Crippen LogP contribution in [0.15, 0.2) is 35.6 Å². The van der Waals surface area contributed by atoms with Gasteiger partial charge in [-0.3, -0.25) is 0 Å². The third-order valence-electron chi connectivity index (χ3n) is 6.00. The minimum atomic E-state index is -0.247. The molecule has 1 saturated heterocycles. The van der Waals surface area contributed by atoms with E-state index in [9.17, 15) is 4.39 Å². The van der Waals surface area contributed by atoms with Gasteiger partial charge >= 0.3 is 0 Å². The van der Waals surface area contributed by atoms with Crippen molar-refractivity contribution >= 4 is 5.96 Å². The van der Waals surface area contributed by atoms with Crippen molar-refractivity contribution in [3.63, 3.8) is 0 Å². The van der Waals surface area contributed by atoms with Gasteiger partial charge in [0.25, 0.3) is 0 Å². The van der Waals surface area contributed by atoms with E-state index >= 15 is 0 Å². The van der Waals surface area contributed by atoms with Crippen LogP contribution in [-0.2, 0) is 6.54 Å². The van der Waals surface area contributed by atoms with Crippen LogP contribution in [-0.4, -0.2) is 40.0 Å². The summed E-state index contributed by atoms with van der Waals surface area (Å²) in [6.07, 6.45) is 8.79. The summed E-state index contributed by atoms with van der Waals surface area (Å²) in [4.78, 5) is 11.3. The molecular weight excluding hydrogens is 341 g/mol. The number of rotatable bonds is 4. The molecule has 0 unspecified atom stereocenters. The molecule has 1 aliphatic heterocycles. The minimum absolute atomic E-state index is 0.247. The summed E-state index contributed by atoms with van der Waals surface area (Å²) in [5.41, 5.74) is 1.94. The minimum Gasteiger partial charge on any atom is -0.357 e. The van der Waals surface area contributed by atoms with Gasteiger partial charge in [0.15, 0.2) is 5.96 Å². The van der Waals surface area contributed by atoms with Gasteiger partial charge in [-0.2, -0.15) is 0 Å². The zero-order valence-corrected chi connectivity index (χ0v) is 16.2. The Morgan fingerprint density at radius 2 is 2.19 bits per heavy atom. The Morgan fingerprint density at radius 3 is 2.78 bits per heavy atom. The highest BCUT2D eigenvalue weighted by molar-refractivity contribution is 5.80. The van der Waals surface area contributed by atoms with Gasteiger partial charge < -0.3 is 14.8 Å². The molecule has 144 valence electrons. The van der Waals surface area contributed by atoms with Crippen molar-refractivity contribution in [2.45, 2.75) is 46.1 Å². The Morgan fingerprint density at radius 1 is 1.33 bits per heavy atom. The summed E-state index contributed by atoms with van der Waals surface area (Å²) in [5.74, 6) is 1.48. The smallest absolute Gasteiger partial charge is 0.194 e. The fourth-order valence-electron chi connectivity index (χ4n) is 4.27. The largest absolute Gasteiger partial charge is 0.357 e. The predicted molar refractivity (Wildman–Crippen MR) is 106 cm³/mol. The number of imidazole rings is 1. The topological polar surface area (TPSA) is 45.5 Å². The first-order valence-electron chi connectivity index (χ1n) is 9.92. The monoisotopic (exact) mass is 369 g/mol. The van der Waals surface area contributed by atoms with E-state index < -0.39 is 0 Å². The molecule has 1 N–H and O–H groups in total. The number of halogens is 1. The normalized spacial score (nSPS) is 18.8. The lowest BCUT2D eigenvalue weighted by Gasteiger charge is -2.38. The Hall–Kier alpha value is -2.37. The second-order valence-corrected chi connectivity index (χ2v) is 7.83.